The van der Waals surface area contributed by atoms with Crippen LogP contribution in [0.25, 0.3) is 5.57 Å². The van der Waals surface area contributed by atoms with E-state index in [1.54, 1.807) is 12.4 Å². The van der Waals surface area contributed by atoms with Crippen LogP contribution in [-0.2, 0) is 11.3 Å². The minimum atomic E-state index is 0.324. The number of benzene rings is 1. The largest absolute Gasteiger partial charge is 0.378 e. The minimum Gasteiger partial charge on any atom is -0.378 e. The van der Waals surface area contributed by atoms with Gasteiger partial charge < -0.3 is 4.74 Å². The highest BCUT2D eigenvalue weighted by Gasteiger charge is 2.35. The van der Waals surface area contributed by atoms with Crippen LogP contribution in [0.4, 0.5) is 0 Å². The van der Waals surface area contributed by atoms with Gasteiger partial charge in [-0.3, -0.25) is 14.9 Å². The molecule has 2 bridgehead atoms. The van der Waals surface area contributed by atoms with Gasteiger partial charge in [0.15, 0.2) is 0 Å². The van der Waals surface area contributed by atoms with Crippen molar-refractivity contribution in [1.82, 2.24) is 14.9 Å². The van der Waals surface area contributed by atoms with Crippen molar-refractivity contribution in [2.75, 3.05) is 13.2 Å². The van der Waals surface area contributed by atoms with E-state index >= 15 is 0 Å². The number of hydrogen-bond acceptors (Lipinski definition) is 4. The molecule has 0 aliphatic carbocycles. The Morgan fingerprint density at radius 2 is 2.05 bits per heavy atom. The van der Waals surface area contributed by atoms with E-state index in [-0.39, 0.29) is 0 Å². The summed E-state index contributed by atoms with van der Waals surface area (Å²) in [6.07, 6.45) is 8.62. The Morgan fingerprint density at radius 3 is 2.82 bits per heavy atom. The molecule has 2 unspecified atom stereocenters. The molecular weight excluding hydrogens is 274 g/mol. The Balaban J connectivity index is 1.60. The van der Waals surface area contributed by atoms with E-state index in [0.717, 1.165) is 31.9 Å². The maximum atomic E-state index is 5.77. The molecule has 1 saturated heterocycles. The average Bonchev–Trinajstić information content (AvgIpc) is 2.56. The van der Waals surface area contributed by atoms with Crippen LogP contribution >= 0.6 is 0 Å². The normalized spacial score (nSPS) is 24.8. The number of aromatic nitrogens is 2. The van der Waals surface area contributed by atoms with E-state index < -0.39 is 0 Å². The van der Waals surface area contributed by atoms with Gasteiger partial charge in [0.05, 0.1) is 31.1 Å². The number of nitrogens with zero attached hydrogens (tertiary/aromatic N) is 3. The molecule has 0 amide bonds. The summed E-state index contributed by atoms with van der Waals surface area (Å²) in [5.41, 5.74) is 3.66. The smallest absolute Gasteiger partial charge is 0.0842 e. The van der Waals surface area contributed by atoms with Crippen molar-refractivity contribution < 1.29 is 4.74 Å². The van der Waals surface area contributed by atoms with E-state index in [2.05, 4.69) is 51.3 Å². The maximum Gasteiger partial charge on any atom is 0.0842 e. The van der Waals surface area contributed by atoms with Crippen molar-refractivity contribution >= 4 is 5.57 Å². The molecule has 0 radical (unpaired) electrons. The lowest BCUT2D eigenvalue weighted by atomic mass is 9.92. The second-order valence-corrected chi connectivity index (χ2v) is 5.90. The Bertz CT molecular complexity index is 657. The Morgan fingerprint density at radius 1 is 1.14 bits per heavy atom. The summed E-state index contributed by atoms with van der Waals surface area (Å²) < 4.78 is 5.77. The molecule has 3 heterocycles. The topological polar surface area (TPSA) is 38.3 Å². The van der Waals surface area contributed by atoms with Gasteiger partial charge in [-0.25, -0.2) is 0 Å². The summed E-state index contributed by atoms with van der Waals surface area (Å²) in [4.78, 5) is 11.2. The van der Waals surface area contributed by atoms with Crippen molar-refractivity contribution in [1.29, 1.82) is 0 Å². The monoisotopic (exact) mass is 293 g/mol. The van der Waals surface area contributed by atoms with Crippen LogP contribution < -0.4 is 0 Å². The van der Waals surface area contributed by atoms with Gasteiger partial charge in [-0.1, -0.05) is 36.4 Å². The van der Waals surface area contributed by atoms with Crippen LogP contribution in [0.1, 0.15) is 17.7 Å². The zero-order chi connectivity index (χ0) is 14.8. The predicted octanol–water partition coefficient (Wildman–Crippen LogP) is 2.53. The summed E-state index contributed by atoms with van der Waals surface area (Å²) in [5.74, 6) is 0. The first-order chi connectivity index (χ1) is 10.9. The Labute approximate surface area is 130 Å². The van der Waals surface area contributed by atoms with Crippen molar-refractivity contribution in [3.8, 4) is 0 Å². The number of rotatable bonds is 3. The second-order valence-electron chi connectivity index (χ2n) is 5.90. The van der Waals surface area contributed by atoms with Gasteiger partial charge in [-0.15, -0.1) is 0 Å². The summed E-state index contributed by atoms with van der Waals surface area (Å²) in [7, 11) is 0. The van der Waals surface area contributed by atoms with Gasteiger partial charge in [0, 0.05) is 25.0 Å². The van der Waals surface area contributed by atoms with Crippen LogP contribution in [0.3, 0.4) is 0 Å². The Kier molecular flexibility index (Phi) is 3.70. The molecule has 1 aromatic heterocycles. The molecule has 2 atom stereocenters. The molecule has 2 aliphatic rings. The molecule has 1 aromatic carbocycles. The van der Waals surface area contributed by atoms with Gasteiger partial charge in [0.2, 0.25) is 0 Å². The SMILES string of the molecule is C1=C(c2cnccn2)CC2COCC1N2Cc1ccccc1. The van der Waals surface area contributed by atoms with Crippen molar-refractivity contribution in [2.24, 2.45) is 0 Å². The van der Waals surface area contributed by atoms with E-state index in [9.17, 15) is 0 Å². The van der Waals surface area contributed by atoms with Gasteiger partial charge in [0.25, 0.3) is 0 Å². The first-order valence-electron chi connectivity index (χ1n) is 7.74. The van der Waals surface area contributed by atoms with Gasteiger partial charge in [-0.05, 0) is 17.6 Å². The van der Waals surface area contributed by atoms with E-state index in [1.807, 2.05) is 6.20 Å². The van der Waals surface area contributed by atoms with Crippen LogP contribution in [0.2, 0.25) is 0 Å². The molecule has 0 saturated carbocycles. The van der Waals surface area contributed by atoms with E-state index in [0.29, 0.717) is 12.1 Å². The van der Waals surface area contributed by atoms with Crippen LogP contribution in [0.15, 0.2) is 55.0 Å². The molecule has 1 fully saturated rings. The Hall–Kier alpha value is -2.04. The summed E-state index contributed by atoms with van der Waals surface area (Å²) in [5, 5.41) is 0. The van der Waals surface area contributed by atoms with Crippen LogP contribution in [0.5, 0.6) is 0 Å². The highest BCUT2D eigenvalue weighted by atomic mass is 16.5. The lowest BCUT2D eigenvalue weighted by Gasteiger charge is -2.44. The summed E-state index contributed by atoms with van der Waals surface area (Å²) in [6, 6.07) is 11.4. The zero-order valence-electron chi connectivity index (χ0n) is 12.4. The number of ether oxygens (including phenoxy) is 1. The highest BCUT2D eigenvalue weighted by Crippen LogP contribution is 2.32. The fourth-order valence-electron chi connectivity index (χ4n) is 3.36. The first kappa shape index (κ1) is 13.6. The summed E-state index contributed by atoms with van der Waals surface area (Å²) >= 11 is 0. The molecule has 22 heavy (non-hydrogen) atoms. The van der Waals surface area contributed by atoms with Crippen molar-refractivity contribution in [3.63, 3.8) is 0 Å². The van der Waals surface area contributed by atoms with Crippen LogP contribution in [-0.4, -0.2) is 40.2 Å². The van der Waals surface area contributed by atoms with E-state index in [1.165, 1.54) is 11.1 Å². The molecule has 0 spiro atoms. The third-order valence-corrected chi connectivity index (χ3v) is 4.44. The molecule has 0 N–H and O–H groups in total. The van der Waals surface area contributed by atoms with Crippen molar-refractivity contribution in [3.05, 3.63) is 66.3 Å². The second kappa shape index (κ2) is 5.99. The van der Waals surface area contributed by atoms with Gasteiger partial charge in [-0.2, -0.15) is 0 Å². The molecule has 4 nitrogen and oxygen atoms in total. The first-order valence-corrected chi connectivity index (χ1v) is 7.74. The molecule has 112 valence electrons. The molecule has 4 heteroatoms. The predicted molar refractivity (Wildman–Crippen MR) is 85.0 cm³/mol. The zero-order valence-corrected chi connectivity index (χ0v) is 12.4. The third-order valence-electron chi connectivity index (χ3n) is 4.44. The standard InChI is InChI=1S/C18H19N3O/c1-2-4-14(5-3-1)11-21-16-8-15(9-17(21)13-22-12-16)18-10-19-6-7-20-18/h1-8,10,16-17H,9,11-13H2. The van der Waals surface area contributed by atoms with Crippen LogP contribution in [0, 0.1) is 0 Å². The molecule has 2 aromatic rings. The van der Waals surface area contributed by atoms with E-state index in [4.69, 9.17) is 4.74 Å². The number of fused-ring (bicyclic) bond motifs is 2. The number of hydrogen-bond donors (Lipinski definition) is 0. The molecule has 2 aliphatic heterocycles. The highest BCUT2D eigenvalue weighted by molar-refractivity contribution is 5.64. The lowest BCUT2D eigenvalue weighted by Crippen LogP contribution is -2.53. The lowest BCUT2D eigenvalue weighted by molar-refractivity contribution is -0.0403. The fourth-order valence-corrected chi connectivity index (χ4v) is 3.36. The van der Waals surface area contributed by atoms with Crippen molar-refractivity contribution in [2.45, 2.75) is 25.0 Å². The average molecular weight is 293 g/mol. The molecular formula is C18H19N3O. The van der Waals surface area contributed by atoms with Gasteiger partial charge in [0.1, 0.15) is 0 Å². The van der Waals surface area contributed by atoms with Gasteiger partial charge >= 0.3 is 0 Å². The third kappa shape index (κ3) is 2.67. The maximum absolute atomic E-state index is 5.77. The molecule has 4 rings (SSSR count). The number of morpholine rings is 1. The summed E-state index contributed by atoms with van der Waals surface area (Å²) in [6.45, 7) is 2.53. The quantitative estimate of drug-likeness (QED) is 0.871. The fraction of sp³-hybridized carbons (Fsp3) is 0.333. The minimum absolute atomic E-state index is 0.324.